The molecule has 0 heterocycles. The lowest BCUT2D eigenvalue weighted by Crippen LogP contribution is -2.17. The summed E-state index contributed by atoms with van der Waals surface area (Å²) in [5.41, 5.74) is -0.378. The molecule has 0 fully saturated rings. The zero-order chi connectivity index (χ0) is 18.3. The standard InChI is InChI=1S/C16H19NO7/c1-3-6-10-8-5-9-12(13(10)17(22)23)24-14(16(20)21)11(7-4-2)15(18)19/h5,8-9H,3-4,6-7H2,1-2H3,(H,18,19)(H,20,21). The van der Waals surface area contributed by atoms with Crippen molar-refractivity contribution in [1.29, 1.82) is 0 Å². The number of ether oxygens (including phenoxy) is 1. The summed E-state index contributed by atoms with van der Waals surface area (Å²) in [5.74, 6) is -4.10. The summed E-state index contributed by atoms with van der Waals surface area (Å²) in [5, 5.41) is 29.8. The number of aliphatic carboxylic acids is 2. The molecule has 0 aliphatic heterocycles. The number of hydrogen-bond donors (Lipinski definition) is 2. The van der Waals surface area contributed by atoms with Crippen LogP contribution in [0.15, 0.2) is 29.5 Å². The molecule has 24 heavy (non-hydrogen) atoms. The topological polar surface area (TPSA) is 127 Å². The lowest BCUT2D eigenvalue weighted by Gasteiger charge is -2.12. The minimum Gasteiger partial charge on any atom is -0.478 e. The second kappa shape index (κ2) is 8.66. The van der Waals surface area contributed by atoms with Crippen LogP contribution >= 0.6 is 0 Å². The summed E-state index contributed by atoms with van der Waals surface area (Å²) in [6.45, 7) is 3.54. The van der Waals surface area contributed by atoms with Crippen LogP contribution in [0.3, 0.4) is 0 Å². The molecule has 0 saturated carbocycles. The molecule has 1 aromatic rings. The monoisotopic (exact) mass is 337 g/mol. The van der Waals surface area contributed by atoms with Crippen LogP contribution in [0.1, 0.15) is 38.7 Å². The van der Waals surface area contributed by atoms with Gasteiger partial charge in [-0.15, -0.1) is 0 Å². The average Bonchev–Trinajstić information content (AvgIpc) is 2.50. The highest BCUT2D eigenvalue weighted by Gasteiger charge is 2.27. The van der Waals surface area contributed by atoms with Crippen LogP contribution in [0.5, 0.6) is 5.75 Å². The zero-order valence-electron chi connectivity index (χ0n) is 13.4. The molecule has 0 aromatic heterocycles. The number of aryl methyl sites for hydroxylation is 1. The third-order valence-electron chi connectivity index (χ3n) is 3.22. The van der Waals surface area contributed by atoms with Crippen LogP contribution < -0.4 is 4.74 Å². The van der Waals surface area contributed by atoms with Gasteiger partial charge in [-0.1, -0.05) is 38.8 Å². The van der Waals surface area contributed by atoms with E-state index in [1.54, 1.807) is 13.0 Å². The van der Waals surface area contributed by atoms with Crippen LogP contribution in [0.4, 0.5) is 5.69 Å². The maximum atomic E-state index is 11.4. The second-order valence-corrected chi connectivity index (χ2v) is 5.04. The van der Waals surface area contributed by atoms with Crippen molar-refractivity contribution >= 4 is 17.6 Å². The lowest BCUT2D eigenvalue weighted by molar-refractivity contribution is -0.386. The predicted molar refractivity (Wildman–Crippen MR) is 84.9 cm³/mol. The Balaban J connectivity index is 3.47. The Kier molecular flexibility index (Phi) is 6.91. The molecule has 0 radical (unpaired) electrons. The second-order valence-electron chi connectivity index (χ2n) is 5.04. The van der Waals surface area contributed by atoms with E-state index in [1.807, 2.05) is 6.92 Å². The van der Waals surface area contributed by atoms with Gasteiger partial charge in [-0.05, 0) is 18.9 Å². The number of benzene rings is 1. The average molecular weight is 337 g/mol. The van der Waals surface area contributed by atoms with Crippen molar-refractivity contribution < 1.29 is 29.5 Å². The first-order valence-electron chi connectivity index (χ1n) is 7.47. The molecule has 8 nitrogen and oxygen atoms in total. The molecule has 0 unspecified atom stereocenters. The number of rotatable bonds is 9. The predicted octanol–water partition coefficient (Wildman–Crippen LogP) is 3.15. The Labute approximate surface area is 138 Å². The highest BCUT2D eigenvalue weighted by atomic mass is 16.6. The van der Waals surface area contributed by atoms with Gasteiger partial charge in [0.15, 0.2) is 0 Å². The molecule has 8 heteroatoms. The van der Waals surface area contributed by atoms with Gasteiger partial charge in [-0.2, -0.15) is 0 Å². The van der Waals surface area contributed by atoms with Crippen molar-refractivity contribution in [3.63, 3.8) is 0 Å². The molecule has 0 aliphatic carbocycles. The number of carboxylic acid groups (broad SMARTS) is 2. The highest BCUT2D eigenvalue weighted by molar-refractivity contribution is 5.97. The van der Waals surface area contributed by atoms with Gasteiger partial charge in [0.05, 0.1) is 10.5 Å². The van der Waals surface area contributed by atoms with Gasteiger partial charge in [-0.25, -0.2) is 9.59 Å². The molecule has 0 bridgehead atoms. The van der Waals surface area contributed by atoms with Crippen LogP contribution in [-0.2, 0) is 16.0 Å². The fourth-order valence-corrected chi connectivity index (χ4v) is 2.24. The molecule has 1 rings (SSSR count). The van der Waals surface area contributed by atoms with Gasteiger partial charge in [-0.3, -0.25) is 10.1 Å². The van der Waals surface area contributed by atoms with Crippen LogP contribution in [0.2, 0.25) is 0 Å². The summed E-state index contributed by atoms with van der Waals surface area (Å²) >= 11 is 0. The van der Waals surface area contributed by atoms with Gasteiger partial charge < -0.3 is 14.9 Å². The van der Waals surface area contributed by atoms with E-state index in [-0.39, 0.29) is 17.9 Å². The summed E-state index contributed by atoms with van der Waals surface area (Å²) in [6, 6.07) is 4.32. The Morgan fingerprint density at radius 2 is 1.83 bits per heavy atom. The van der Waals surface area contributed by atoms with Gasteiger partial charge >= 0.3 is 17.6 Å². The summed E-state index contributed by atoms with van der Waals surface area (Å²) in [4.78, 5) is 33.4. The van der Waals surface area contributed by atoms with Crippen molar-refractivity contribution in [1.82, 2.24) is 0 Å². The van der Waals surface area contributed by atoms with E-state index in [2.05, 4.69) is 0 Å². The number of carboxylic acids is 2. The molecule has 1 aromatic carbocycles. The number of carbonyl (C=O) groups is 2. The number of hydrogen-bond acceptors (Lipinski definition) is 5. The number of para-hydroxylation sites is 1. The molecule has 0 amide bonds. The molecule has 0 atom stereocenters. The lowest BCUT2D eigenvalue weighted by atomic mass is 10.1. The number of nitrogens with zero attached hydrogens (tertiary/aromatic N) is 1. The van der Waals surface area contributed by atoms with Crippen LogP contribution in [0.25, 0.3) is 0 Å². The van der Waals surface area contributed by atoms with E-state index in [0.29, 0.717) is 24.8 Å². The fourth-order valence-electron chi connectivity index (χ4n) is 2.24. The van der Waals surface area contributed by atoms with Gasteiger partial charge in [0, 0.05) is 5.56 Å². The van der Waals surface area contributed by atoms with Crippen molar-refractivity contribution in [2.75, 3.05) is 0 Å². The SMILES string of the molecule is CCCC(C(=O)O)=C(Oc1cccc(CCC)c1[N+](=O)[O-])C(=O)O. The van der Waals surface area contributed by atoms with E-state index in [9.17, 15) is 29.9 Å². The molecule has 2 N–H and O–H groups in total. The largest absolute Gasteiger partial charge is 0.478 e. The first kappa shape index (κ1) is 19.1. The molecule has 0 spiro atoms. The maximum Gasteiger partial charge on any atom is 0.372 e. The van der Waals surface area contributed by atoms with Crippen molar-refractivity contribution in [2.45, 2.75) is 39.5 Å². The number of nitro benzene ring substituents is 1. The summed E-state index contributed by atoms with van der Waals surface area (Å²) < 4.78 is 5.19. The van der Waals surface area contributed by atoms with Crippen molar-refractivity contribution in [2.24, 2.45) is 0 Å². The van der Waals surface area contributed by atoms with E-state index in [0.717, 1.165) is 0 Å². The Morgan fingerprint density at radius 1 is 1.17 bits per heavy atom. The van der Waals surface area contributed by atoms with Gasteiger partial charge in [0.1, 0.15) is 0 Å². The highest BCUT2D eigenvalue weighted by Crippen LogP contribution is 2.33. The molecular weight excluding hydrogens is 318 g/mol. The van der Waals surface area contributed by atoms with E-state index in [4.69, 9.17) is 4.74 Å². The molecule has 130 valence electrons. The minimum atomic E-state index is -1.59. The van der Waals surface area contributed by atoms with Gasteiger partial charge in [0.25, 0.3) is 0 Å². The smallest absolute Gasteiger partial charge is 0.372 e. The normalized spacial score (nSPS) is 11.6. The van der Waals surface area contributed by atoms with Crippen molar-refractivity contribution in [3.8, 4) is 5.75 Å². The summed E-state index contributed by atoms with van der Waals surface area (Å²) in [7, 11) is 0. The molecule has 0 aliphatic rings. The first-order valence-corrected chi connectivity index (χ1v) is 7.47. The van der Waals surface area contributed by atoms with Gasteiger partial charge in [0.2, 0.25) is 11.5 Å². The van der Waals surface area contributed by atoms with Crippen LogP contribution in [-0.4, -0.2) is 27.1 Å². The Morgan fingerprint density at radius 3 is 2.29 bits per heavy atom. The number of nitro groups is 1. The third kappa shape index (κ3) is 4.55. The van der Waals surface area contributed by atoms with Crippen molar-refractivity contribution in [3.05, 3.63) is 45.2 Å². The Hall–Kier alpha value is -2.90. The minimum absolute atomic E-state index is 0.0284. The van der Waals surface area contributed by atoms with E-state index < -0.39 is 28.2 Å². The fraction of sp³-hybridized carbons (Fsp3) is 0.375. The summed E-state index contributed by atoms with van der Waals surface area (Å²) in [6.07, 6.45) is 1.43. The molecule has 0 saturated heterocycles. The zero-order valence-corrected chi connectivity index (χ0v) is 13.4. The van der Waals surface area contributed by atoms with E-state index >= 15 is 0 Å². The third-order valence-corrected chi connectivity index (χ3v) is 3.22. The van der Waals surface area contributed by atoms with Crippen LogP contribution in [0, 0.1) is 10.1 Å². The Bertz CT molecular complexity index is 679. The quantitative estimate of drug-likeness (QED) is 0.306. The maximum absolute atomic E-state index is 11.4. The first-order chi connectivity index (χ1) is 11.3. The van der Waals surface area contributed by atoms with E-state index in [1.165, 1.54) is 12.1 Å². The molecular formula is C16H19NO7.